The molecule has 4 heteroatoms. The Morgan fingerprint density at radius 3 is 2.47 bits per heavy atom. The lowest BCUT2D eigenvalue weighted by Crippen LogP contribution is -2.69. The van der Waals surface area contributed by atoms with Crippen LogP contribution in [0.5, 0.6) is 0 Å². The summed E-state index contributed by atoms with van der Waals surface area (Å²) in [6.07, 6.45) is 5.17. The molecule has 1 aromatic rings. The van der Waals surface area contributed by atoms with Gasteiger partial charge < -0.3 is 4.74 Å². The lowest BCUT2D eigenvalue weighted by Gasteiger charge is -2.53. The van der Waals surface area contributed by atoms with Crippen LogP contribution in [0.2, 0.25) is 0 Å². The summed E-state index contributed by atoms with van der Waals surface area (Å²) in [6.45, 7) is 0. The van der Waals surface area contributed by atoms with Crippen LogP contribution in [0.1, 0.15) is 24.3 Å². The van der Waals surface area contributed by atoms with Crippen molar-refractivity contribution in [1.29, 1.82) is 0 Å². The normalized spacial score (nSPS) is 32.6. The van der Waals surface area contributed by atoms with Gasteiger partial charge in [0.25, 0.3) is 0 Å². The summed E-state index contributed by atoms with van der Waals surface area (Å²) in [5.74, 6) is -0.691. The molecule has 0 aromatic heterocycles. The van der Waals surface area contributed by atoms with E-state index in [4.69, 9.17) is 4.74 Å². The van der Waals surface area contributed by atoms with Crippen molar-refractivity contribution in [3.63, 3.8) is 0 Å². The average molecular weight is 255 g/mol. The van der Waals surface area contributed by atoms with Crippen molar-refractivity contribution in [2.24, 2.45) is 0 Å². The first-order chi connectivity index (χ1) is 9.22. The number of rotatable bonds is 2. The van der Waals surface area contributed by atoms with E-state index < -0.39 is 11.6 Å². The van der Waals surface area contributed by atoms with Gasteiger partial charge in [-0.3, -0.25) is 9.69 Å². The number of ether oxygens (including phenoxy) is 1. The first kappa shape index (κ1) is 10.8. The van der Waals surface area contributed by atoms with Crippen molar-refractivity contribution in [3.05, 3.63) is 48.0 Å². The van der Waals surface area contributed by atoms with Gasteiger partial charge in [0.1, 0.15) is 5.92 Å². The topological polar surface area (TPSA) is 46.6 Å². The highest BCUT2D eigenvalue weighted by molar-refractivity contribution is 5.98. The number of carbonyl (C=O) groups is 2. The molecule has 96 valence electrons. The molecule has 1 amide bonds. The number of esters is 1. The maximum absolute atomic E-state index is 12.4. The summed E-state index contributed by atoms with van der Waals surface area (Å²) in [5.41, 5.74) is 0.0419. The van der Waals surface area contributed by atoms with E-state index in [2.05, 4.69) is 0 Å². The zero-order chi connectivity index (χ0) is 13.0. The third kappa shape index (κ3) is 1.34. The van der Waals surface area contributed by atoms with E-state index in [9.17, 15) is 9.59 Å². The fraction of sp³-hybridized carbons (Fsp3) is 0.333. The van der Waals surface area contributed by atoms with Gasteiger partial charge in [0.05, 0.1) is 0 Å². The van der Waals surface area contributed by atoms with E-state index in [1.807, 2.05) is 30.3 Å². The van der Waals surface area contributed by atoms with Crippen LogP contribution in [0.4, 0.5) is 0 Å². The second kappa shape index (κ2) is 3.47. The summed E-state index contributed by atoms with van der Waals surface area (Å²) in [6, 6.07) is 9.77. The van der Waals surface area contributed by atoms with E-state index in [1.54, 1.807) is 11.0 Å². The van der Waals surface area contributed by atoms with Gasteiger partial charge in [0.2, 0.25) is 11.6 Å². The Morgan fingerprint density at radius 2 is 1.89 bits per heavy atom. The van der Waals surface area contributed by atoms with Crippen LogP contribution in [0.15, 0.2) is 42.5 Å². The van der Waals surface area contributed by atoms with E-state index in [-0.39, 0.29) is 17.9 Å². The summed E-state index contributed by atoms with van der Waals surface area (Å²) in [4.78, 5) is 25.6. The second-order valence-electron chi connectivity index (χ2n) is 5.29. The quantitative estimate of drug-likeness (QED) is 0.595. The third-order valence-electron chi connectivity index (χ3n) is 4.04. The molecule has 3 aliphatic rings. The Hall–Kier alpha value is -2.10. The van der Waals surface area contributed by atoms with Gasteiger partial charge in [0, 0.05) is 12.1 Å². The molecule has 0 radical (unpaired) electrons. The summed E-state index contributed by atoms with van der Waals surface area (Å²) >= 11 is 0. The van der Waals surface area contributed by atoms with E-state index >= 15 is 0 Å². The minimum absolute atomic E-state index is 0.0630. The standard InChI is InChI=1S/C15H13NO3/c17-12-8-9-15(19-12)13(10-4-2-1-3-5-10)14(18)16(15)11-6-7-11/h1-5,8-9,11,13H,6-7H2/t13-,15+/m1/s1. The molecule has 1 aliphatic carbocycles. The first-order valence-electron chi connectivity index (χ1n) is 6.53. The largest absolute Gasteiger partial charge is 0.431 e. The number of β-lactam (4-membered cyclic amide) rings is 1. The molecule has 2 fully saturated rings. The number of likely N-dealkylation sites (tertiary alicyclic amines) is 1. The second-order valence-corrected chi connectivity index (χ2v) is 5.29. The van der Waals surface area contributed by atoms with E-state index in [0.717, 1.165) is 18.4 Å². The maximum atomic E-state index is 12.4. The first-order valence-corrected chi connectivity index (χ1v) is 6.53. The van der Waals surface area contributed by atoms with E-state index in [0.29, 0.717) is 0 Å². The molecule has 2 heterocycles. The van der Waals surface area contributed by atoms with Gasteiger partial charge in [0.15, 0.2) is 0 Å². The van der Waals surface area contributed by atoms with Crippen molar-refractivity contribution in [1.82, 2.24) is 4.90 Å². The molecule has 1 spiro atoms. The predicted molar refractivity (Wildman–Crippen MR) is 67.0 cm³/mol. The molecular weight excluding hydrogens is 242 g/mol. The van der Waals surface area contributed by atoms with Crippen LogP contribution < -0.4 is 0 Å². The molecule has 1 aromatic carbocycles. The summed E-state index contributed by atoms with van der Waals surface area (Å²) in [7, 11) is 0. The summed E-state index contributed by atoms with van der Waals surface area (Å²) < 4.78 is 5.49. The lowest BCUT2D eigenvalue weighted by molar-refractivity contribution is -0.206. The van der Waals surface area contributed by atoms with Gasteiger partial charge in [-0.25, -0.2) is 4.79 Å². The monoisotopic (exact) mass is 255 g/mol. The average Bonchev–Trinajstić information content (AvgIpc) is 3.13. The maximum Gasteiger partial charge on any atom is 0.333 e. The molecule has 0 unspecified atom stereocenters. The van der Waals surface area contributed by atoms with Gasteiger partial charge in [-0.05, 0) is 24.5 Å². The Kier molecular flexibility index (Phi) is 1.97. The molecular formula is C15H13NO3. The Balaban J connectivity index is 1.77. The molecule has 0 N–H and O–H groups in total. The number of amides is 1. The van der Waals surface area contributed by atoms with Crippen LogP contribution in [0, 0.1) is 0 Å². The highest BCUT2D eigenvalue weighted by Gasteiger charge is 2.67. The van der Waals surface area contributed by atoms with Gasteiger partial charge in [-0.15, -0.1) is 0 Å². The van der Waals surface area contributed by atoms with Crippen molar-refractivity contribution < 1.29 is 14.3 Å². The summed E-state index contributed by atoms with van der Waals surface area (Å²) in [5, 5.41) is 0. The Morgan fingerprint density at radius 1 is 1.16 bits per heavy atom. The van der Waals surface area contributed by atoms with Gasteiger partial charge in [-0.1, -0.05) is 30.3 Å². The molecule has 1 saturated heterocycles. The molecule has 19 heavy (non-hydrogen) atoms. The van der Waals surface area contributed by atoms with Crippen LogP contribution in [-0.4, -0.2) is 28.5 Å². The zero-order valence-corrected chi connectivity index (χ0v) is 10.3. The smallest absolute Gasteiger partial charge is 0.333 e. The molecule has 0 bridgehead atoms. The van der Waals surface area contributed by atoms with E-state index in [1.165, 1.54) is 6.08 Å². The molecule has 2 atom stereocenters. The number of nitrogens with zero attached hydrogens (tertiary/aromatic N) is 1. The predicted octanol–water partition coefficient (Wildman–Crippen LogP) is 1.58. The highest BCUT2D eigenvalue weighted by atomic mass is 16.6. The highest BCUT2D eigenvalue weighted by Crippen LogP contribution is 2.53. The SMILES string of the molecule is O=C1C=C[C@]2(O1)[C@H](c1ccccc1)C(=O)N2C1CC1. The number of hydrogen-bond donors (Lipinski definition) is 0. The van der Waals surface area contributed by atoms with Crippen molar-refractivity contribution in [2.45, 2.75) is 30.5 Å². The fourth-order valence-corrected chi connectivity index (χ4v) is 3.09. The van der Waals surface area contributed by atoms with Gasteiger partial charge >= 0.3 is 5.97 Å². The molecule has 1 saturated carbocycles. The number of carbonyl (C=O) groups excluding carboxylic acids is 2. The fourth-order valence-electron chi connectivity index (χ4n) is 3.09. The van der Waals surface area contributed by atoms with Crippen molar-refractivity contribution >= 4 is 11.9 Å². The van der Waals surface area contributed by atoms with Crippen molar-refractivity contribution in [3.8, 4) is 0 Å². The molecule has 4 rings (SSSR count). The number of benzene rings is 1. The Bertz CT molecular complexity index is 591. The third-order valence-corrected chi connectivity index (χ3v) is 4.04. The molecule has 4 nitrogen and oxygen atoms in total. The Labute approximate surface area is 110 Å². The number of hydrogen-bond acceptors (Lipinski definition) is 3. The minimum atomic E-state index is -0.864. The van der Waals surface area contributed by atoms with Crippen LogP contribution >= 0.6 is 0 Å². The lowest BCUT2D eigenvalue weighted by atomic mass is 9.78. The van der Waals surface area contributed by atoms with Crippen LogP contribution in [0.25, 0.3) is 0 Å². The van der Waals surface area contributed by atoms with Gasteiger partial charge in [-0.2, -0.15) is 0 Å². The van der Waals surface area contributed by atoms with Crippen LogP contribution in [-0.2, 0) is 14.3 Å². The van der Waals surface area contributed by atoms with Crippen LogP contribution in [0.3, 0.4) is 0 Å². The molecule has 2 aliphatic heterocycles. The zero-order valence-electron chi connectivity index (χ0n) is 10.3. The van der Waals surface area contributed by atoms with Crippen molar-refractivity contribution in [2.75, 3.05) is 0 Å². The minimum Gasteiger partial charge on any atom is -0.431 e.